The molecule has 2 rings (SSSR count). The minimum Gasteiger partial charge on any atom is -0.442 e. The van der Waals surface area contributed by atoms with Gasteiger partial charge in [-0.1, -0.05) is 0 Å². The number of hydrazine groups is 1. The van der Waals surface area contributed by atoms with Crippen molar-refractivity contribution in [2.45, 2.75) is 39.2 Å². The molecule has 1 aliphatic rings. The maximum Gasteiger partial charge on any atom is 0.431 e. The van der Waals surface area contributed by atoms with Crippen molar-refractivity contribution < 1.29 is 23.5 Å². The zero-order chi connectivity index (χ0) is 19.5. The summed E-state index contributed by atoms with van der Waals surface area (Å²) in [6.45, 7) is 5.65. The van der Waals surface area contributed by atoms with Crippen LogP contribution in [0.25, 0.3) is 0 Å². The van der Waals surface area contributed by atoms with Gasteiger partial charge in [-0.2, -0.15) is 5.01 Å². The Labute approximate surface area is 151 Å². The van der Waals surface area contributed by atoms with Gasteiger partial charge in [0.1, 0.15) is 11.4 Å². The minimum atomic E-state index is -0.926. The molecule has 1 aromatic carbocycles. The Morgan fingerprint density at radius 3 is 2.42 bits per heavy atom. The molecule has 0 saturated carbocycles. The van der Waals surface area contributed by atoms with Gasteiger partial charge in [-0.25, -0.2) is 15.0 Å². The van der Waals surface area contributed by atoms with Crippen molar-refractivity contribution in [3.63, 3.8) is 0 Å². The Morgan fingerprint density at radius 2 is 1.85 bits per heavy atom. The van der Waals surface area contributed by atoms with E-state index in [4.69, 9.17) is 10.6 Å². The molecule has 2 N–H and O–H groups in total. The SMILES string of the molecule is CC(C)(C)OC(=O)N(N)C(=O)C1CCCN(C(=O)c2ccc(F)cc2)C1. The van der Waals surface area contributed by atoms with Crippen LogP contribution in [0.3, 0.4) is 0 Å². The maximum atomic E-state index is 13.0. The van der Waals surface area contributed by atoms with Crippen LogP contribution in [0, 0.1) is 11.7 Å². The fourth-order valence-electron chi connectivity index (χ4n) is 2.74. The van der Waals surface area contributed by atoms with Gasteiger partial charge >= 0.3 is 6.09 Å². The van der Waals surface area contributed by atoms with Crippen molar-refractivity contribution in [2.24, 2.45) is 11.8 Å². The van der Waals surface area contributed by atoms with E-state index in [1.165, 1.54) is 29.2 Å². The predicted octanol–water partition coefficient (Wildman–Crippen LogP) is 2.32. The molecule has 8 heteroatoms. The van der Waals surface area contributed by atoms with Crippen molar-refractivity contribution in [3.8, 4) is 0 Å². The van der Waals surface area contributed by atoms with Gasteiger partial charge in [0.25, 0.3) is 11.8 Å². The van der Waals surface area contributed by atoms with E-state index in [0.717, 1.165) is 0 Å². The first-order chi connectivity index (χ1) is 12.1. The zero-order valence-corrected chi connectivity index (χ0v) is 15.2. The minimum absolute atomic E-state index is 0.144. The lowest BCUT2D eigenvalue weighted by molar-refractivity contribution is -0.136. The fourth-order valence-corrected chi connectivity index (χ4v) is 2.74. The summed E-state index contributed by atoms with van der Waals surface area (Å²) in [6.07, 6.45) is 0.193. The van der Waals surface area contributed by atoms with Crippen LogP contribution in [0.1, 0.15) is 44.0 Å². The van der Waals surface area contributed by atoms with E-state index in [1.54, 1.807) is 20.8 Å². The van der Waals surface area contributed by atoms with Gasteiger partial charge < -0.3 is 9.64 Å². The van der Waals surface area contributed by atoms with Gasteiger partial charge in [0.05, 0.1) is 5.92 Å². The highest BCUT2D eigenvalue weighted by atomic mass is 19.1. The maximum absolute atomic E-state index is 13.0. The molecule has 1 unspecified atom stereocenters. The van der Waals surface area contributed by atoms with Crippen LogP contribution in [0.5, 0.6) is 0 Å². The van der Waals surface area contributed by atoms with Crippen LogP contribution in [0.4, 0.5) is 9.18 Å². The number of piperidine rings is 1. The lowest BCUT2D eigenvalue weighted by Crippen LogP contribution is -2.52. The highest BCUT2D eigenvalue weighted by molar-refractivity contribution is 5.96. The Bertz CT molecular complexity index is 685. The van der Waals surface area contributed by atoms with Crippen LogP contribution in [0.15, 0.2) is 24.3 Å². The Kier molecular flexibility index (Phi) is 5.97. The zero-order valence-electron chi connectivity index (χ0n) is 15.2. The largest absolute Gasteiger partial charge is 0.442 e. The highest BCUT2D eigenvalue weighted by Crippen LogP contribution is 2.21. The smallest absolute Gasteiger partial charge is 0.431 e. The molecule has 1 heterocycles. The molecule has 1 fully saturated rings. The van der Waals surface area contributed by atoms with E-state index < -0.39 is 29.3 Å². The van der Waals surface area contributed by atoms with Crippen LogP contribution in [0.2, 0.25) is 0 Å². The highest BCUT2D eigenvalue weighted by Gasteiger charge is 2.34. The van der Waals surface area contributed by atoms with Gasteiger partial charge in [-0.3, -0.25) is 9.59 Å². The van der Waals surface area contributed by atoms with E-state index in [9.17, 15) is 18.8 Å². The first kappa shape index (κ1) is 19.8. The normalized spacial score (nSPS) is 17.6. The second-order valence-corrected chi connectivity index (χ2v) is 7.29. The standard InChI is InChI=1S/C18H24FN3O4/c1-18(2,3)26-17(25)22(20)16(24)13-5-4-10-21(11-13)15(23)12-6-8-14(19)9-7-12/h6-9,13H,4-5,10-11,20H2,1-3H3. The molecule has 0 radical (unpaired) electrons. The predicted molar refractivity (Wildman–Crippen MR) is 92.3 cm³/mol. The second-order valence-electron chi connectivity index (χ2n) is 7.29. The number of nitrogens with two attached hydrogens (primary N) is 1. The molecule has 142 valence electrons. The topological polar surface area (TPSA) is 92.9 Å². The van der Waals surface area contributed by atoms with Gasteiger partial charge in [0, 0.05) is 18.7 Å². The number of benzene rings is 1. The van der Waals surface area contributed by atoms with E-state index in [2.05, 4.69) is 0 Å². The lowest BCUT2D eigenvalue weighted by Gasteiger charge is -2.33. The molecule has 3 amide bonds. The number of likely N-dealkylation sites (tertiary alicyclic amines) is 1. The number of hydrogen-bond donors (Lipinski definition) is 1. The van der Waals surface area contributed by atoms with Crippen LogP contribution in [-0.2, 0) is 9.53 Å². The molecule has 1 atom stereocenters. The number of imide groups is 1. The number of carbonyl (C=O) groups excluding carboxylic acids is 3. The van der Waals surface area contributed by atoms with Crippen molar-refractivity contribution >= 4 is 17.9 Å². The molecule has 7 nitrogen and oxygen atoms in total. The van der Waals surface area contributed by atoms with Gasteiger partial charge in [0.15, 0.2) is 0 Å². The summed E-state index contributed by atoms with van der Waals surface area (Å²) >= 11 is 0. The van der Waals surface area contributed by atoms with Crippen LogP contribution < -0.4 is 5.84 Å². The molecule has 0 bridgehead atoms. The number of hydrogen-bond acceptors (Lipinski definition) is 5. The number of ether oxygens (including phenoxy) is 1. The van der Waals surface area contributed by atoms with Crippen molar-refractivity contribution in [1.82, 2.24) is 9.91 Å². The second kappa shape index (κ2) is 7.82. The molecule has 1 aromatic rings. The van der Waals surface area contributed by atoms with Gasteiger partial charge in [-0.05, 0) is 57.9 Å². The summed E-state index contributed by atoms with van der Waals surface area (Å²) in [6, 6.07) is 5.23. The summed E-state index contributed by atoms with van der Waals surface area (Å²) < 4.78 is 18.1. The number of carbonyl (C=O) groups is 3. The van der Waals surface area contributed by atoms with E-state index >= 15 is 0 Å². The molecular formula is C18H24FN3O4. The molecule has 1 saturated heterocycles. The summed E-state index contributed by atoms with van der Waals surface area (Å²) in [4.78, 5) is 38.5. The Morgan fingerprint density at radius 1 is 1.23 bits per heavy atom. The molecule has 0 aliphatic carbocycles. The molecule has 1 aliphatic heterocycles. The summed E-state index contributed by atoms with van der Waals surface area (Å²) in [5, 5.41) is 0.474. The summed E-state index contributed by atoms with van der Waals surface area (Å²) in [5.74, 6) is 3.72. The third-order valence-electron chi connectivity index (χ3n) is 3.98. The number of rotatable bonds is 2. The molecule has 0 aromatic heterocycles. The van der Waals surface area contributed by atoms with E-state index in [-0.39, 0.29) is 12.5 Å². The van der Waals surface area contributed by atoms with Crippen molar-refractivity contribution in [2.75, 3.05) is 13.1 Å². The van der Waals surface area contributed by atoms with Crippen LogP contribution >= 0.6 is 0 Å². The van der Waals surface area contributed by atoms with E-state index in [0.29, 0.717) is 30.0 Å². The van der Waals surface area contributed by atoms with Gasteiger partial charge in [-0.15, -0.1) is 0 Å². The van der Waals surface area contributed by atoms with Gasteiger partial charge in [0.2, 0.25) is 0 Å². The average molecular weight is 365 g/mol. The third-order valence-corrected chi connectivity index (χ3v) is 3.98. The van der Waals surface area contributed by atoms with Crippen molar-refractivity contribution in [1.29, 1.82) is 0 Å². The fraction of sp³-hybridized carbons (Fsp3) is 0.500. The number of nitrogens with zero attached hydrogens (tertiary/aromatic N) is 2. The quantitative estimate of drug-likeness (QED) is 0.493. The first-order valence-corrected chi connectivity index (χ1v) is 8.45. The monoisotopic (exact) mass is 365 g/mol. The third kappa shape index (κ3) is 5.01. The molecule has 26 heavy (non-hydrogen) atoms. The Hall–Kier alpha value is -2.48. The van der Waals surface area contributed by atoms with Crippen LogP contribution in [-0.4, -0.2) is 46.5 Å². The first-order valence-electron chi connectivity index (χ1n) is 8.45. The number of halogens is 1. The number of amides is 3. The summed E-state index contributed by atoms with van der Waals surface area (Å²) in [5.41, 5.74) is -0.428. The summed E-state index contributed by atoms with van der Waals surface area (Å²) in [7, 11) is 0. The Balaban J connectivity index is 2.02. The van der Waals surface area contributed by atoms with Crippen molar-refractivity contribution in [3.05, 3.63) is 35.6 Å². The molecule has 0 spiro atoms. The average Bonchev–Trinajstić information content (AvgIpc) is 2.59. The molecular weight excluding hydrogens is 341 g/mol. The van der Waals surface area contributed by atoms with E-state index in [1.807, 2.05) is 0 Å². The lowest BCUT2D eigenvalue weighted by atomic mass is 9.96.